The predicted molar refractivity (Wildman–Crippen MR) is 142 cm³/mol. The van der Waals surface area contributed by atoms with Gasteiger partial charge in [0.1, 0.15) is 6.61 Å². The van der Waals surface area contributed by atoms with Crippen molar-refractivity contribution < 1.29 is 42.7 Å². The zero-order valence-corrected chi connectivity index (χ0v) is 23.8. The first-order valence-corrected chi connectivity index (χ1v) is 15.5. The lowest BCUT2D eigenvalue weighted by Crippen LogP contribution is -2.29. The third-order valence-corrected chi connectivity index (χ3v) is 6.31. The van der Waals surface area contributed by atoms with E-state index in [1.165, 1.54) is 32.6 Å². The Labute approximate surface area is 222 Å². The van der Waals surface area contributed by atoms with Gasteiger partial charge in [-0.15, -0.1) is 0 Å². The molecule has 3 N–H and O–H groups in total. The molecule has 218 valence electrons. The molecule has 0 aliphatic carbocycles. The van der Waals surface area contributed by atoms with Crippen LogP contribution < -0.4 is 5.32 Å². The number of carbonyl (C=O) groups excluding carboxylic acids is 3. The molecule has 0 aromatic rings. The summed E-state index contributed by atoms with van der Waals surface area (Å²) in [5.74, 6) is -0.914. The van der Waals surface area contributed by atoms with E-state index in [1.54, 1.807) is 0 Å². The molecule has 10 nitrogen and oxygen atoms in total. The van der Waals surface area contributed by atoms with Gasteiger partial charge in [-0.25, -0.2) is 4.57 Å². The van der Waals surface area contributed by atoms with E-state index in [1.807, 2.05) is 0 Å². The van der Waals surface area contributed by atoms with Crippen molar-refractivity contribution in [3.05, 3.63) is 0 Å². The molecule has 1 atom stereocenters. The van der Waals surface area contributed by atoms with Gasteiger partial charge in [0, 0.05) is 26.3 Å². The quantitative estimate of drug-likeness (QED) is 0.0776. The van der Waals surface area contributed by atoms with Crippen molar-refractivity contribution >= 4 is 25.7 Å². The summed E-state index contributed by atoms with van der Waals surface area (Å²) in [7, 11) is -4.74. The number of hydrogen-bond acceptors (Lipinski definition) is 7. The Kier molecular flexibility index (Phi) is 22.7. The largest absolute Gasteiger partial charge is 0.469 e. The van der Waals surface area contributed by atoms with Crippen molar-refractivity contribution in [2.24, 2.45) is 0 Å². The lowest BCUT2D eigenvalue weighted by atomic mass is 10.1. The number of phosphoric acid groups is 1. The molecule has 0 aliphatic rings. The van der Waals surface area contributed by atoms with E-state index in [-0.39, 0.29) is 25.4 Å². The number of phosphoric ester groups is 1. The van der Waals surface area contributed by atoms with Crippen LogP contribution in [0.15, 0.2) is 0 Å². The average molecular weight is 552 g/mol. The zero-order valence-electron chi connectivity index (χ0n) is 22.9. The normalized spacial score (nSPS) is 12.2. The first-order chi connectivity index (χ1) is 17.6. The molecular formula is C26H50NO9P. The fourth-order valence-electron chi connectivity index (χ4n) is 3.75. The monoisotopic (exact) mass is 551 g/mol. The number of unbranched alkanes of at least 4 members (excludes halogenated alkanes) is 13. The second-order valence-corrected chi connectivity index (χ2v) is 10.8. The van der Waals surface area contributed by atoms with Crippen LogP contribution in [-0.2, 0) is 32.9 Å². The molecule has 11 heteroatoms. The van der Waals surface area contributed by atoms with Crippen molar-refractivity contribution in [1.29, 1.82) is 0 Å². The van der Waals surface area contributed by atoms with Crippen LogP contribution in [0, 0.1) is 0 Å². The minimum atomic E-state index is -4.74. The maximum Gasteiger partial charge on any atom is 0.469 e. The molecule has 0 bridgehead atoms. The van der Waals surface area contributed by atoms with Gasteiger partial charge in [0.05, 0.1) is 6.61 Å². The highest BCUT2D eigenvalue weighted by molar-refractivity contribution is 7.46. The molecule has 1 amide bonds. The number of esters is 2. The third-order valence-electron chi connectivity index (χ3n) is 5.82. The summed E-state index contributed by atoms with van der Waals surface area (Å²) in [6.07, 6.45) is 14.9. The minimum absolute atomic E-state index is 0.0227. The summed E-state index contributed by atoms with van der Waals surface area (Å²) in [6.45, 7) is 3.54. The van der Waals surface area contributed by atoms with Crippen molar-refractivity contribution in [2.45, 2.75) is 129 Å². The summed E-state index contributed by atoms with van der Waals surface area (Å²) in [4.78, 5) is 52.7. The Morgan fingerprint density at radius 2 is 1.22 bits per heavy atom. The summed E-state index contributed by atoms with van der Waals surface area (Å²) < 4.78 is 25.9. The average Bonchev–Trinajstić information content (AvgIpc) is 2.82. The molecule has 0 heterocycles. The topological polar surface area (TPSA) is 148 Å². The van der Waals surface area contributed by atoms with Gasteiger partial charge in [0.15, 0.2) is 6.10 Å². The molecule has 0 radical (unpaired) electrons. The van der Waals surface area contributed by atoms with Crippen molar-refractivity contribution in [3.63, 3.8) is 0 Å². The van der Waals surface area contributed by atoms with E-state index in [9.17, 15) is 18.9 Å². The highest BCUT2D eigenvalue weighted by atomic mass is 31.2. The van der Waals surface area contributed by atoms with E-state index in [0.29, 0.717) is 12.8 Å². The van der Waals surface area contributed by atoms with Crippen LogP contribution in [0.2, 0.25) is 0 Å². The van der Waals surface area contributed by atoms with E-state index < -0.39 is 32.5 Å². The second-order valence-electron chi connectivity index (χ2n) is 9.51. The third kappa shape index (κ3) is 27.4. The van der Waals surface area contributed by atoms with Crippen LogP contribution in [0.5, 0.6) is 0 Å². The molecule has 0 saturated carbocycles. The molecule has 0 rings (SSSR count). The minimum Gasteiger partial charge on any atom is -0.462 e. The van der Waals surface area contributed by atoms with Gasteiger partial charge in [0.2, 0.25) is 5.91 Å². The van der Waals surface area contributed by atoms with Crippen LogP contribution in [-0.4, -0.2) is 53.5 Å². The van der Waals surface area contributed by atoms with Gasteiger partial charge in [-0.3, -0.25) is 18.9 Å². The van der Waals surface area contributed by atoms with Gasteiger partial charge in [0.25, 0.3) is 0 Å². The Bertz CT molecular complexity index is 654. The highest BCUT2D eigenvalue weighted by Gasteiger charge is 2.22. The van der Waals surface area contributed by atoms with Gasteiger partial charge < -0.3 is 24.6 Å². The Morgan fingerprint density at radius 1 is 0.730 bits per heavy atom. The summed E-state index contributed by atoms with van der Waals surface area (Å²) >= 11 is 0. The number of nitrogens with one attached hydrogen (secondary N) is 1. The molecule has 0 spiro atoms. The Balaban J connectivity index is 3.94. The fraction of sp³-hybridized carbons (Fsp3) is 0.885. The van der Waals surface area contributed by atoms with Gasteiger partial charge >= 0.3 is 19.8 Å². The summed E-state index contributed by atoms with van der Waals surface area (Å²) in [5.41, 5.74) is 0. The van der Waals surface area contributed by atoms with Gasteiger partial charge in [-0.1, -0.05) is 84.0 Å². The number of amides is 1. The summed E-state index contributed by atoms with van der Waals surface area (Å²) in [5, 5.41) is 2.80. The lowest BCUT2D eigenvalue weighted by Gasteiger charge is -2.18. The summed E-state index contributed by atoms with van der Waals surface area (Å²) in [6, 6.07) is 0. The Hall–Kier alpha value is -1.48. The highest BCUT2D eigenvalue weighted by Crippen LogP contribution is 2.35. The van der Waals surface area contributed by atoms with Crippen LogP contribution in [0.3, 0.4) is 0 Å². The van der Waals surface area contributed by atoms with E-state index in [4.69, 9.17) is 19.3 Å². The molecular weight excluding hydrogens is 501 g/mol. The first kappa shape index (κ1) is 35.5. The number of rotatable bonds is 25. The van der Waals surface area contributed by atoms with E-state index in [2.05, 4.69) is 16.8 Å². The number of ether oxygens (including phenoxy) is 2. The maximum atomic E-state index is 12.0. The lowest BCUT2D eigenvalue weighted by molar-refractivity contribution is -0.161. The first-order valence-electron chi connectivity index (χ1n) is 13.9. The van der Waals surface area contributed by atoms with Crippen LogP contribution >= 0.6 is 7.82 Å². The SMILES string of the molecule is CCCCCCCC(=O)O[C@@H](COC(=O)CCCCCCCCCCCCNC(C)=O)COP(=O)(O)O. The van der Waals surface area contributed by atoms with Gasteiger partial charge in [-0.2, -0.15) is 0 Å². The molecule has 0 aliphatic heterocycles. The Morgan fingerprint density at radius 3 is 1.73 bits per heavy atom. The van der Waals surface area contributed by atoms with E-state index in [0.717, 1.165) is 64.3 Å². The standard InChI is InChI=1S/C26H50NO9P/c1-3-4-5-12-16-19-26(30)36-24(22-35-37(31,32)33)21-34-25(29)18-15-13-10-8-6-7-9-11-14-17-20-27-23(2)28/h24H,3-22H2,1-2H3,(H,27,28)(H2,31,32,33)/t24-/m0/s1. The van der Waals surface area contributed by atoms with Crippen LogP contribution in [0.25, 0.3) is 0 Å². The number of carbonyl (C=O) groups is 3. The number of hydrogen-bond donors (Lipinski definition) is 3. The molecule has 0 unspecified atom stereocenters. The van der Waals surface area contributed by atoms with Crippen molar-refractivity contribution in [3.8, 4) is 0 Å². The molecule has 0 fully saturated rings. The molecule has 0 aromatic heterocycles. The van der Waals surface area contributed by atoms with Crippen molar-refractivity contribution in [2.75, 3.05) is 19.8 Å². The molecule has 37 heavy (non-hydrogen) atoms. The smallest absolute Gasteiger partial charge is 0.462 e. The van der Waals surface area contributed by atoms with Crippen molar-refractivity contribution in [1.82, 2.24) is 5.32 Å². The van der Waals surface area contributed by atoms with Gasteiger partial charge in [-0.05, 0) is 19.3 Å². The maximum absolute atomic E-state index is 12.0. The van der Waals surface area contributed by atoms with Crippen LogP contribution in [0.1, 0.15) is 123 Å². The fourth-order valence-corrected chi connectivity index (χ4v) is 4.11. The van der Waals surface area contributed by atoms with Crippen LogP contribution in [0.4, 0.5) is 0 Å². The zero-order chi connectivity index (χ0) is 27.8. The second kappa shape index (κ2) is 23.6. The molecule has 0 aromatic carbocycles. The van der Waals surface area contributed by atoms with E-state index >= 15 is 0 Å². The molecule has 0 saturated heterocycles. The predicted octanol–water partition coefficient (Wildman–Crippen LogP) is 5.34.